The molecule has 28 heavy (non-hydrogen) atoms. The van der Waals surface area contributed by atoms with Crippen LogP contribution in [0.2, 0.25) is 0 Å². The van der Waals surface area contributed by atoms with E-state index in [0.717, 1.165) is 33.1 Å². The van der Waals surface area contributed by atoms with E-state index >= 15 is 0 Å². The first-order chi connectivity index (χ1) is 13.7. The van der Waals surface area contributed by atoms with Gasteiger partial charge in [-0.05, 0) is 35.4 Å². The minimum Gasteiger partial charge on any atom is -0.309 e. The molecular weight excluding hydrogens is 348 g/mol. The topological polar surface area (TPSA) is 48.1 Å². The Morgan fingerprint density at radius 1 is 0.643 bits per heavy atom. The second-order valence-corrected chi connectivity index (χ2v) is 6.72. The first-order valence-electron chi connectivity index (χ1n) is 9.06. The van der Waals surface area contributed by atoms with Gasteiger partial charge in [0.05, 0.1) is 16.0 Å². The van der Waals surface area contributed by atoms with Crippen LogP contribution in [-0.4, -0.2) is 9.49 Å². The molecule has 1 aromatic heterocycles. The van der Waals surface area contributed by atoms with E-state index in [1.165, 1.54) is 5.56 Å². The van der Waals surface area contributed by atoms with Crippen LogP contribution < -0.4 is 0 Å². The number of non-ortho nitro benzene ring substituents is 1. The summed E-state index contributed by atoms with van der Waals surface area (Å²) in [5, 5.41) is 13.1. The zero-order valence-electron chi connectivity index (χ0n) is 14.9. The molecule has 0 aliphatic rings. The average molecular weight is 364 g/mol. The van der Waals surface area contributed by atoms with Crippen LogP contribution in [0.1, 0.15) is 0 Å². The van der Waals surface area contributed by atoms with E-state index < -0.39 is 0 Å². The average Bonchev–Trinajstić information content (AvgIpc) is 3.08. The summed E-state index contributed by atoms with van der Waals surface area (Å²) in [7, 11) is 0. The van der Waals surface area contributed by atoms with E-state index in [-0.39, 0.29) is 10.6 Å². The number of nitro groups is 1. The number of aromatic nitrogens is 1. The molecule has 0 amide bonds. The van der Waals surface area contributed by atoms with E-state index in [1.807, 2.05) is 48.5 Å². The van der Waals surface area contributed by atoms with Crippen LogP contribution >= 0.6 is 0 Å². The van der Waals surface area contributed by atoms with Crippen LogP contribution in [0, 0.1) is 10.1 Å². The van der Waals surface area contributed by atoms with Gasteiger partial charge in [-0.25, -0.2) is 0 Å². The monoisotopic (exact) mass is 364 g/mol. The molecule has 0 radical (unpaired) electrons. The summed E-state index contributed by atoms with van der Waals surface area (Å²) >= 11 is 0. The number of hydrogen-bond donors (Lipinski definition) is 0. The summed E-state index contributed by atoms with van der Waals surface area (Å²) in [5.41, 5.74) is 5.45. The van der Waals surface area contributed by atoms with E-state index in [9.17, 15) is 10.1 Å². The van der Waals surface area contributed by atoms with Gasteiger partial charge in [-0.3, -0.25) is 10.1 Å². The Hall–Kier alpha value is -3.92. The predicted octanol–water partition coefficient (Wildman–Crippen LogP) is 6.36. The zero-order chi connectivity index (χ0) is 19.1. The van der Waals surface area contributed by atoms with Crippen molar-refractivity contribution in [3.8, 4) is 16.8 Å². The van der Waals surface area contributed by atoms with Gasteiger partial charge in [0.15, 0.2) is 0 Å². The fourth-order valence-corrected chi connectivity index (χ4v) is 3.79. The van der Waals surface area contributed by atoms with Crippen molar-refractivity contribution in [2.24, 2.45) is 0 Å². The van der Waals surface area contributed by atoms with Gasteiger partial charge in [-0.2, -0.15) is 0 Å². The molecule has 0 unspecified atom stereocenters. The van der Waals surface area contributed by atoms with Gasteiger partial charge in [-0.1, -0.05) is 60.7 Å². The second kappa shape index (κ2) is 6.35. The third-order valence-corrected chi connectivity index (χ3v) is 5.10. The molecule has 134 valence electrons. The summed E-state index contributed by atoms with van der Waals surface area (Å²) < 4.78 is 2.16. The van der Waals surface area contributed by atoms with E-state index in [2.05, 4.69) is 41.0 Å². The highest BCUT2D eigenvalue weighted by molar-refractivity contribution is 6.09. The molecule has 5 rings (SSSR count). The second-order valence-electron chi connectivity index (χ2n) is 6.72. The van der Waals surface area contributed by atoms with Crippen LogP contribution in [0.5, 0.6) is 0 Å². The number of para-hydroxylation sites is 1. The molecule has 0 bridgehead atoms. The number of nitrogens with zero attached hydrogens (tertiary/aromatic N) is 2. The summed E-state index contributed by atoms with van der Waals surface area (Å²) in [6.07, 6.45) is 0. The molecular formula is C24H16N2O2. The van der Waals surface area contributed by atoms with Crippen molar-refractivity contribution in [2.75, 3.05) is 0 Å². The lowest BCUT2D eigenvalue weighted by Crippen LogP contribution is -1.94. The van der Waals surface area contributed by atoms with Crippen molar-refractivity contribution < 1.29 is 4.92 Å². The van der Waals surface area contributed by atoms with Crippen molar-refractivity contribution in [2.45, 2.75) is 0 Å². The molecule has 0 spiro atoms. The fourth-order valence-electron chi connectivity index (χ4n) is 3.79. The smallest absolute Gasteiger partial charge is 0.270 e. The van der Waals surface area contributed by atoms with Gasteiger partial charge < -0.3 is 4.57 Å². The lowest BCUT2D eigenvalue weighted by Gasteiger charge is -2.09. The third-order valence-electron chi connectivity index (χ3n) is 5.10. The van der Waals surface area contributed by atoms with Gasteiger partial charge in [-0.15, -0.1) is 0 Å². The Kier molecular flexibility index (Phi) is 3.69. The largest absolute Gasteiger partial charge is 0.309 e. The zero-order valence-corrected chi connectivity index (χ0v) is 14.9. The normalized spacial score (nSPS) is 11.1. The molecule has 0 saturated heterocycles. The minimum atomic E-state index is -0.347. The molecule has 4 heteroatoms. The van der Waals surface area contributed by atoms with E-state index in [0.29, 0.717) is 0 Å². The van der Waals surface area contributed by atoms with Gasteiger partial charge in [0.25, 0.3) is 5.69 Å². The first-order valence-corrected chi connectivity index (χ1v) is 9.06. The number of rotatable bonds is 3. The lowest BCUT2D eigenvalue weighted by molar-refractivity contribution is -0.384. The van der Waals surface area contributed by atoms with Gasteiger partial charge in [0.2, 0.25) is 0 Å². The summed E-state index contributed by atoms with van der Waals surface area (Å²) in [5.74, 6) is 0. The maximum atomic E-state index is 11.2. The number of benzene rings is 4. The molecule has 4 aromatic carbocycles. The van der Waals surface area contributed by atoms with Crippen LogP contribution in [-0.2, 0) is 0 Å². The van der Waals surface area contributed by atoms with Crippen LogP contribution in [0.4, 0.5) is 5.69 Å². The molecule has 4 nitrogen and oxygen atoms in total. The number of nitro benzene ring substituents is 1. The number of fused-ring (bicyclic) bond motifs is 3. The van der Waals surface area contributed by atoms with Crippen LogP contribution in [0.25, 0.3) is 38.6 Å². The Labute approximate surface area is 161 Å². The maximum absolute atomic E-state index is 11.2. The Bertz CT molecular complexity index is 1320. The highest BCUT2D eigenvalue weighted by Gasteiger charge is 2.15. The lowest BCUT2D eigenvalue weighted by atomic mass is 10.1. The Morgan fingerprint density at radius 3 is 2.04 bits per heavy atom. The summed E-state index contributed by atoms with van der Waals surface area (Å²) in [6.45, 7) is 0. The van der Waals surface area contributed by atoms with Crippen LogP contribution in [0.15, 0.2) is 97.1 Å². The minimum absolute atomic E-state index is 0.106. The van der Waals surface area contributed by atoms with Crippen molar-refractivity contribution in [1.29, 1.82) is 0 Å². The summed E-state index contributed by atoms with van der Waals surface area (Å²) in [4.78, 5) is 10.9. The standard InChI is InChI=1S/C24H16N2O2/c27-26(28)20-14-15-24-22(16-20)21-8-4-5-9-23(21)25(24)19-12-10-18(11-13-19)17-6-2-1-3-7-17/h1-16H. The quantitative estimate of drug-likeness (QED) is 0.276. The maximum Gasteiger partial charge on any atom is 0.270 e. The van der Waals surface area contributed by atoms with Crippen molar-refractivity contribution in [3.63, 3.8) is 0 Å². The molecule has 0 aliphatic carbocycles. The van der Waals surface area contributed by atoms with Gasteiger partial charge in [0, 0.05) is 28.6 Å². The predicted molar refractivity (Wildman–Crippen MR) is 113 cm³/mol. The molecule has 5 aromatic rings. The highest BCUT2D eigenvalue weighted by atomic mass is 16.6. The Balaban J connectivity index is 1.73. The molecule has 0 saturated carbocycles. The number of hydrogen-bond acceptors (Lipinski definition) is 2. The van der Waals surface area contributed by atoms with Gasteiger partial charge in [0.1, 0.15) is 0 Å². The van der Waals surface area contributed by atoms with Gasteiger partial charge >= 0.3 is 0 Å². The van der Waals surface area contributed by atoms with E-state index in [1.54, 1.807) is 12.1 Å². The van der Waals surface area contributed by atoms with Crippen molar-refractivity contribution in [1.82, 2.24) is 4.57 Å². The molecule has 0 atom stereocenters. The molecule has 0 fully saturated rings. The van der Waals surface area contributed by atoms with Crippen molar-refractivity contribution in [3.05, 3.63) is 107 Å². The third kappa shape index (κ3) is 2.55. The SMILES string of the molecule is O=[N+]([O-])c1ccc2c(c1)c1ccccc1n2-c1ccc(-c2ccccc2)cc1. The molecule has 0 aliphatic heterocycles. The molecule has 0 N–H and O–H groups in total. The van der Waals surface area contributed by atoms with Crippen LogP contribution in [0.3, 0.4) is 0 Å². The Morgan fingerprint density at radius 2 is 1.29 bits per heavy atom. The van der Waals surface area contributed by atoms with E-state index in [4.69, 9.17) is 0 Å². The summed E-state index contributed by atoms with van der Waals surface area (Å²) in [6, 6.07) is 31.7. The highest BCUT2D eigenvalue weighted by Crippen LogP contribution is 2.34. The first kappa shape index (κ1) is 16.3. The fraction of sp³-hybridized carbons (Fsp3) is 0. The molecule has 1 heterocycles. The van der Waals surface area contributed by atoms with Crippen molar-refractivity contribution >= 4 is 27.5 Å².